The molecule has 27 heavy (non-hydrogen) atoms. The largest absolute Gasteiger partial charge is 0.497 e. The molecule has 0 fully saturated rings. The molecular formula is C22H23NO4. The number of hydrogen-bond acceptors (Lipinski definition) is 4. The van der Waals surface area contributed by atoms with Crippen LogP contribution < -0.4 is 19.5 Å². The standard InChI is InChI=1S/C22H23NO4/c1-4-15-27-19-9-5-17(6-10-19)13-14-23-22(24)12-8-18-7-11-20(25-2)16-21(18)26-3/h1,5-12,16H,13-15H2,2-3H3,(H,23,24)/b12-8+. The van der Waals surface area contributed by atoms with Crippen molar-refractivity contribution in [3.05, 3.63) is 59.7 Å². The lowest BCUT2D eigenvalue weighted by Gasteiger charge is -2.07. The van der Waals surface area contributed by atoms with E-state index in [9.17, 15) is 4.79 Å². The SMILES string of the molecule is C#CCOc1ccc(CCNC(=O)/C=C/c2ccc(OC)cc2OC)cc1. The lowest BCUT2D eigenvalue weighted by molar-refractivity contribution is -0.116. The minimum Gasteiger partial charge on any atom is -0.497 e. The number of hydrogen-bond donors (Lipinski definition) is 1. The second-order valence-corrected chi connectivity index (χ2v) is 5.62. The highest BCUT2D eigenvalue weighted by Crippen LogP contribution is 2.25. The maximum absolute atomic E-state index is 12.0. The van der Waals surface area contributed by atoms with Crippen molar-refractivity contribution in [2.75, 3.05) is 27.4 Å². The van der Waals surface area contributed by atoms with E-state index in [4.69, 9.17) is 20.6 Å². The van der Waals surface area contributed by atoms with E-state index in [1.165, 1.54) is 6.08 Å². The molecule has 0 aromatic heterocycles. The number of rotatable bonds is 9. The summed E-state index contributed by atoms with van der Waals surface area (Å²) in [7, 11) is 3.17. The van der Waals surface area contributed by atoms with Gasteiger partial charge in [-0.05, 0) is 42.3 Å². The van der Waals surface area contributed by atoms with Gasteiger partial charge in [0.15, 0.2) is 0 Å². The van der Waals surface area contributed by atoms with Crippen molar-refractivity contribution in [2.45, 2.75) is 6.42 Å². The molecule has 0 aliphatic heterocycles. The highest BCUT2D eigenvalue weighted by molar-refractivity contribution is 5.92. The van der Waals surface area contributed by atoms with Gasteiger partial charge < -0.3 is 19.5 Å². The fourth-order valence-corrected chi connectivity index (χ4v) is 2.39. The van der Waals surface area contributed by atoms with Crippen LogP contribution in [0.3, 0.4) is 0 Å². The highest BCUT2D eigenvalue weighted by Gasteiger charge is 2.03. The third kappa shape index (κ3) is 6.44. The van der Waals surface area contributed by atoms with Gasteiger partial charge in [0.05, 0.1) is 14.2 Å². The summed E-state index contributed by atoms with van der Waals surface area (Å²) >= 11 is 0. The van der Waals surface area contributed by atoms with E-state index in [0.717, 1.165) is 23.3 Å². The van der Waals surface area contributed by atoms with Gasteiger partial charge in [0.1, 0.15) is 23.9 Å². The van der Waals surface area contributed by atoms with E-state index in [1.54, 1.807) is 26.4 Å². The normalized spacial score (nSPS) is 10.3. The van der Waals surface area contributed by atoms with Crippen LogP contribution in [0, 0.1) is 12.3 Å². The molecule has 0 unspecified atom stereocenters. The first-order valence-electron chi connectivity index (χ1n) is 8.49. The van der Waals surface area contributed by atoms with Crippen LogP contribution in [0.1, 0.15) is 11.1 Å². The second-order valence-electron chi connectivity index (χ2n) is 5.62. The molecule has 2 aromatic carbocycles. The van der Waals surface area contributed by atoms with Gasteiger partial charge in [0.25, 0.3) is 0 Å². The number of benzene rings is 2. The Kier molecular flexibility index (Phi) is 7.80. The van der Waals surface area contributed by atoms with Crippen molar-refractivity contribution in [2.24, 2.45) is 0 Å². The first kappa shape index (κ1) is 19.9. The lowest BCUT2D eigenvalue weighted by Crippen LogP contribution is -2.23. The molecule has 0 spiro atoms. The number of methoxy groups -OCH3 is 2. The summed E-state index contributed by atoms with van der Waals surface area (Å²) in [5.74, 6) is 4.33. The van der Waals surface area contributed by atoms with Gasteiger partial charge in [-0.1, -0.05) is 18.1 Å². The third-order valence-corrected chi connectivity index (χ3v) is 3.81. The zero-order chi connectivity index (χ0) is 19.5. The molecule has 5 nitrogen and oxygen atoms in total. The van der Waals surface area contributed by atoms with Gasteiger partial charge in [-0.15, -0.1) is 6.42 Å². The molecule has 2 rings (SSSR count). The summed E-state index contributed by atoms with van der Waals surface area (Å²) in [4.78, 5) is 12.0. The topological polar surface area (TPSA) is 56.8 Å². The molecule has 0 aliphatic carbocycles. The molecule has 2 aromatic rings. The molecule has 0 heterocycles. The van der Waals surface area contributed by atoms with E-state index >= 15 is 0 Å². The fraction of sp³-hybridized carbons (Fsp3) is 0.227. The molecule has 1 amide bonds. The molecule has 1 N–H and O–H groups in total. The van der Waals surface area contributed by atoms with E-state index in [0.29, 0.717) is 18.0 Å². The predicted molar refractivity (Wildman–Crippen MR) is 106 cm³/mol. The molecular weight excluding hydrogens is 342 g/mol. The van der Waals surface area contributed by atoms with Crippen LogP contribution in [0.15, 0.2) is 48.5 Å². The molecule has 5 heteroatoms. The molecule has 0 aliphatic rings. The summed E-state index contributed by atoms with van der Waals surface area (Å²) in [6.45, 7) is 0.786. The Labute approximate surface area is 159 Å². The van der Waals surface area contributed by atoms with Crippen molar-refractivity contribution in [1.82, 2.24) is 5.32 Å². The number of terminal acetylenes is 1. The van der Waals surface area contributed by atoms with Crippen molar-refractivity contribution in [3.8, 4) is 29.6 Å². The minimum absolute atomic E-state index is 0.165. The van der Waals surface area contributed by atoms with Crippen LogP contribution in [0.25, 0.3) is 6.08 Å². The molecule has 140 valence electrons. The van der Waals surface area contributed by atoms with Crippen LogP contribution in [0.4, 0.5) is 0 Å². The van der Waals surface area contributed by atoms with Gasteiger partial charge in [0, 0.05) is 24.3 Å². The Morgan fingerprint density at radius 1 is 1.11 bits per heavy atom. The van der Waals surface area contributed by atoms with E-state index in [1.807, 2.05) is 36.4 Å². The molecule has 0 saturated carbocycles. The summed E-state index contributed by atoms with van der Waals surface area (Å²) in [5.41, 5.74) is 1.90. The van der Waals surface area contributed by atoms with Gasteiger partial charge in [-0.2, -0.15) is 0 Å². The van der Waals surface area contributed by atoms with Gasteiger partial charge in [-0.3, -0.25) is 4.79 Å². The monoisotopic (exact) mass is 365 g/mol. The Balaban J connectivity index is 1.82. The van der Waals surface area contributed by atoms with Crippen molar-refractivity contribution < 1.29 is 19.0 Å². The Morgan fingerprint density at radius 2 is 1.85 bits per heavy atom. The van der Waals surface area contributed by atoms with E-state index in [-0.39, 0.29) is 12.5 Å². The smallest absolute Gasteiger partial charge is 0.244 e. The number of amides is 1. The highest BCUT2D eigenvalue weighted by atomic mass is 16.5. The number of carbonyl (C=O) groups is 1. The average molecular weight is 365 g/mol. The summed E-state index contributed by atoms with van der Waals surface area (Å²) < 4.78 is 15.8. The third-order valence-electron chi connectivity index (χ3n) is 3.81. The Hall–Kier alpha value is -3.39. The summed E-state index contributed by atoms with van der Waals surface area (Å²) in [5, 5.41) is 2.86. The minimum atomic E-state index is -0.165. The summed E-state index contributed by atoms with van der Waals surface area (Å²) in [6.07, 6.45) is 9.08. The summed E-state index contributed by atoms with van der Waals surface area (Å²) in [6, 6.07) is 13.1. The number of carbonyl (C=O) groups excluding carboxylic acids is 1. The van der Waals surface area contributed by atoms with Crippen LogP contribution in [-0.2, 0) is 11.2 Å². The van der Waals surface area contributed by atoms with Crippen molar-refractivity contribution in [1.29, 1.82) is 0 Å². The van der Waals surface area contributed by atoms with Gasteiger partial charge in [0.2, 0.25) is 5.91 Å². The lowest BCUT2D eigenvalue weighted by atomic mass is 10.1. The molecule has 0 bridgehead atoms. The maximum Gasteiger partial charge on any atom is 0.244 e. The molecule has 0 saturated heterocycles. The number of nitrogens with one attached hydrogen (secondary N) is 1. The van der Waals surface area contributed by atoms with Crippen molar-refractivity contribution in [3.63, 3.8) is 0 Å². The predicted octanol–water partition coefficient (Wildman–Crippen LogP) is 3.09. The van der Waals surface area contributed by atoms with Crippen LogP contribution >= 0.6 is 0 Å². The molecule has 0 radical (unpaired) electrons. The zero-order valence-electron chi connectivity index (χ0n) is 15.5. The first-order chi connectivity index (χ1) is 13.2. The average Bonchev–Trinajstić information content (AvgIpc) is 2.71. The zero-order valence-corrected chi connectivity index (χ0v) is 15.5. The Morgan fingerprint density at radius 3 is 2.52 bits per heavy atom. The molecule has 0 atom stereocenters. The van der Waals surface area contributed by atoms with E-state index < -0.39 is 0 Å². The van der Waals surface area contributed by atoms with Gasteiger partial charge in [-0.25, -0.2) is 0 Å². The quantitative estimate of drug-likeness (QED) is 0.548. The van der Waals surface area contributed by atoms with Crippen LogP contribution in [0.2, 0.25) is 0 Å². The van der Waals surface area contributed by atoms with Gasteiger partial charge >= 0.3 is 0 Å². The Bertz CT molecular complexity index is 819. The van der Waals surface area contributed by atoms with Crippen LogP contribution in [-0.4, -0.2) is 33.3 Å². The van der Waals surface area contributed by atoms with E-state index in [2.05, 4.69) is 11.2 Å². The van der Waals surface area contributed by atoms with Crippen molar-refractivity contribution >= 4 is 12.0 Å². The first-order valence-corrected chi connectivity index (χ1v) is 8.49. The maximum atomic E-state index is 12.0. The number of ether oxygens (including phenoxy) is 3. The fourth-order valence-electron chi connectivity index (χ4n) is 2.39. The van der Waals surface area contributed by atoms with Crippen LogP contribution in [0.5, 0.6) is 17.2 Å². The second kappa shape index (κ2) is 10.6.